The lowest BCUT2D eigenvalue weighted by Crippen LogP contribution is -2.24. The van der Waals surface area contributed by atoms with Gasteiger partial charge in [-0.3, -0.25) is 0 Å². The SMILES string of the molecule is COCCn1ccnc1-c1nccn1[C@@H]1CN[C@@H](CO)C1. The van der Waals surface area contributed by atoms with Gasteiger partial charge in [-0.15, -0.1) is 0 Å². The molecule has 0 radical (unpaired) electrons. The molecule has 3 heterocycles. The van der Waals surface area contributed by atoms with Crippen molar-refractivity contribution >= 4 is 0 Å². The molecule has 3 rings (SSSR count). The van der Waals surface area contributed by atoms with Crippen LogP contribution in [0.15, 0.2) is 24.8 Å². The van der Waals surface area contributed by atoms with Crippen LogP contribution in [0.3, 0.4) is 0 Å². The topological polar surface area (TPSA) is 77.1 Å². The van der Waals surface area contributed by atoms with Crippen LogP contribution in [-0.2, 0) is 11.3 Å². The molecule has 0 aromatic carbocycles. The van der Waals surface area contributed by atoms with Crippen LogP contribution in [0.4, 0.5) is 0 Å². The predicted molar refractivity (Wildman–Crippen MR) is 77.9 cm³/mol. The monoisotopic (exact) mass is 291 g/mol. The number of methoxy groups -OCH3 is 1. The molecular weight excluding hydrogens is 270 g/mol. The highest BCUT2D eigenvalue weighted by Crippen LogP contribution is 2.25. The molecule has 0 amide bonds. The van der Waals surface area contributed by atoms with Crippen LogP contribution in [-0.4, -0.2) is 57.1 Å². The molecule has 114 valence electrons. The number of aliphatic hydroxyl groups excluding tert-OH is 1. The number of nitrogens with one attached hydrogen (secondary N) is 1. The minimum atomic E-state index is 0.165. The third kappa shape index (κ3) is 2.85. The van der Waals surface area contributed by atoms with Crippen molar-refractivity contribution in [1.82, 2.24) is 24.4 Å². The van der Waals surface area contributed by atoms with Gasteiger partial charge in [0.15, 0.2) is 11.6 Å². The second-order valence-corrected chi connectivity index (χ2v) is 5.27. The van der Waals surface area contributed by atoms with Crippen molar-refractivity contribution < 1.29 is 9.84 Å². The van der Waals surface area contributed by atoms with E-state index in [1.165, 1.54) is 0 Å². The van der Waals surface area contributed by atoms with Gasteiger partial charge in [0.1, 0.15) is 0 Å². The normalized spacial score (nSPS) is 22.0. The molecule has 0 saturated carbocycles. The molecule has 1 fully saturated rings. The molecule has 2 atom stereocenters. The van der Waals surface area contributed by atoms with Crippen LogP contribution < -0.4 is 5.32 Å². The van der Waals surface area contributed by atoms with Crippen molar-refractivity contribution in [3.8, 4) is 11.6 Å². The van der Waals surface area contributed by atoms with Gasteiger partial charge >= 0.3 is 0 Å². The van der Waals surface area contributed by atoms with Crippen LogP contribution in [0.2, 0.25) is 0 Å². The summed E-state index contributed by atoms with van der Waals surface area (Å²) in [6.07, 6.45) is 8.41. The smallest absolute Gasteiger partial charge is 0.176 e. The quantitative estimate of drug-likeness (QED) is 0.800. The van der Waals surface area contributed by atoms with E-state index in [9.17, 15) is 5.11 Å². The van der Waals surface area contributed by atoms with Gasteiger partial charge in [-0.25, -0.2) is 9.97 Å². The van der Waals surface area contributed by atoms with Crippen molar-refractivity contribution in [1.29, 1.82) is 0 Å². The highest BCUT2D eigenvalue weighted by Gasteiger charge is 2.27. The summed E-state index contributed by atoms with van der Waals surface area (Å²) in [4.78, 5) is 8.91. The van der Waals surface area contributed by atoms with Gasteiger partial charge in [0, 0.05) is 57.1 Å². The summed E-state index contributed by atoms with van der Waals surface area (Å²) in [6, 6.07) is 0.464. The number of aliphatic hydroxyl groups is 1. The Morgan fingerprint density at radius 2 is 2.14 bits per heavy atom. The summed E-state index contributed by atoms with van der Waals surface area (Å²) < 4.78 is 9.33. The fourth-order valence-electron chi connectivity index (χ4n) is 2.82. The highest BCUT2D eigenvalue weighted by molar-refractivity contribution is 5.45. The van der Waals surface area contributed by atoms with Crippen LogP contribution in [0, 0.1) is 0 Å². The lowest BCUT2D eigenvalue weighted by Gasteiger charge is -2.15. The number of hydrogen-bond acceptors (Lipinski definition) is 5. The molecule has 0 aliphatic carbocycles. The molecule has 7 nitrogen and oxygen atoms in total. The average molecular weight is 291 g/mol. The third-order valence-corrected chi connectivity index (χ3v) is 3.93. The summed E-state index contributed by atoms with van der Waals surface area (Å²) in [5.41, 5.74) is 0. The number of hydrogen-bond donors (Lipinski definition) is 2. The van der Waals surface area contributed by atoms with E-state index in [1.54, 1.807) is 19.5 Å². The molecule has 0 unspecified atom stereocenters. The number of rotatable bonds is 6. The molecule has 0 bridgehead atoms. The Labute approximate surface area is 123 Å². The van der Waals surface area contributed by atoms with Gasteiger partial charge in [0.2, 0.25) is 0 Å². The van der Waals surface area contributed by atoms with Crippen LogP contribution in [0.1, 0.15) is 12.5 Å². The van der Waals surface area contributed by atoms with E-state index in [-0.39, 0.29) is 12.6 Å². The highest BCUT2D eigenvalue weighted by atomic mass is 16.5. The van der Waals surface area contributed by atoms with E-state index >= 15 is 0 Å². The van der Waals surface area contributed by atoms with Gasteiger partial charge in [-0.1, -0.05) is 0 Å². The molecule has 2 aromatic rings. The molecule has 2 N–H and O–H groups in total. The van der Waals surface area contributed by atoms with E-state index in [2.05, 4.69) is 19.9 Å². The molecule has 1 aliphatic rings. The Hall–Kier alpha value is -1.70. The van der Waals surface area contributed by atoms with E-state index in [0.717, 1.165) is 31.2 Å². The van der Waals surface area contributed by atoms with Gasteiger partial charge in [0.05, 0.1) is 13.2 Å². The van der Waals surface area contributed by atoms with Gasteiger partial charge in [0.25, 0.3) is 0 Å². The van der Waals surface area contributed by atoms with E-state index in [0.29, 0.717) is 12.6 Å². The molecule has 0 spiro atoms. The lowest BCUT2D eigenvalue weighted by atomic mass is 10.2. The summed E-state index contributed by atoms with van der Waals surface area (Å²) in [5, 5.41) is 12.6. The van der Waals surface area contributed by atoms with Gasteiger partial charge < -0.3 is 24.3 Å². The number of nitrogens with zero attached hydrogens (tertiary/aromatic N) is 4. The lowest BCUT2D eigenvalue weighted by molar-refractivity contribution is 0.187. The van der Waals surface area contributed by atoms with E-state index in [4.69, 9.17) is 4.74 Å². The molecule has 7 heteroatoms. The Bertz CT molecular complexity index is 579. The average Bonchev–Trinajstić information content (AvgIpc) is 3.22. The fourth-order valence-corrected chi connectivity index (χ4v) is 2.82. The maximum Gasteiger partial charge on any atom is 0.176 e. The van der Waals surface area contributed by atoms with Crippen LogP contribution >= 0.6 is 0 Å². The predicted octanol–water partition coefficient (Wildman–Crippen LogP) is 0.288. The Morgan fingerprint density at radius 3 is 2.90 bits per heavy atom. The summed E-state index contributed by atoms with van der Waals surface area (Å²) in [6.45, 7) is 2.40. The minimum Gasteiger partial charge on any atom is -0.395 e. The number of ether oxygens (including phenoxy) is 1. The molecule has 1 saturated heterocycles. The first kappa shape index (κ1) is 14.2. The first-order valence-corrected chi connectivity index (χ1v) is 7.21. The summed E-state index contributed by atoms with van der Waals surface area (Å²) >= 11 is 0. The van der Waals surface area contributed by atoms with Gasteiger partial charge in [-0.2, -0.15) is 0 Å². The van der Waals surface area contributed by atoms with Crippen molar-refractivity contribution in [3.63, 3.8) is 0 Å². The first-order chi connectivity index (χ1) is 10.3. The maximum atomic E-state index is 9.26. The standard InChI is InChI=1S/C14H21N5O2/c1-21-7-6-18-4-2-15-13(18)14-16-3-5-19(14)12-8-11(10-20)17-9-12/h2-5,11-12,17,20H,6-10H2,1H3/t11-,12+/m1/s1. The van der Waals surface area contributed by atoms with E-state index in [1.807, 2.05) is 17.0 Å². The third-order valence-electron chi connectivity index (χ3n) is 3.93. The second kappa shape index (κ2) is 6.38. The largest absolute Gasteiger partial charge is 0.395 e. The Kier molecular flexibility index (Phi) is 4.33. The Morgan fingerprint density at radius 1 is 1.33 bits per heavy atom. The second-order valence-electron chi connectivity index (χ2n) is 5.27. The molecule has 2 aromatic heterocycles. The number of aromatic nitrogens is 4. The molecule has 21 heavy (non-hydrogen) atoms. The zero-order valence-corrected chi connectivity index (χ0v) is 12.1. The van der Waals surface area contributed by atoms with Crippen molar-refractivity contribution in [3.05, 3.63) is 24.8 Å². The fraction of sp³-hybridized carbons (Fsp3) is 0.571. The zero-order chi connectivity index (χ0) is 14.7. The Balaban J connectivity index is 1.84. The molecular formula is C14H21N5O2. The van der Waals surface area contributed by atoms with Crippen LogP contribution in [0.25, 0.3) is 11.6 Å². The summed E-state index contributed by atoms with van der Waals surface area (Å²) in [7, 11) is 1.69. The van der Waals surface area contributed by atoms with E-state index < -0.39 is 0 Å². The maximum absolute atomic E-state index is 9.26. The summed E-state index contributed by atoms with van der Waals surface area (Å²) in [5.74, 6) is 1.71. The molecule has 1 aliphatic heterocycles. The van der Waals surface area contributed by atoms with Gasteiger partial charge in [-0.05, 0) is 6.42 Å². The van der Waals surface area contributed by atoms with Crippen molar-refractivity contribution in [2.75, 3.05) is 26.9 Å². The van der Waals surface area contributed by atoms with Crippen molar-refractivity contribution in [2.45, 2.75) is 25.0 Å². The number of imidazole rings is 2. The zero-order valence-electron chi connectivity index (χ0n) is 12.1. The van der Waals surface area contributed by atoms with Crippen molar-refractivity contribution in [2.24, 2.45) is 0 Å². The first-order valence-electron chi connectivity index (χ1n) is 7.21. The van der Waals surface area contributed by atoms with Crippen LogP contribution in [0.5, 0.6) is 0 Å². The minimum absolute atomic E-state index is 0.165.